The lowest BCUT2D eigenvalue weighted by atomic mass is 10.0. The van der Waals surface area contributed by atoms with Crippen LogP contribution in [0.15, 0.2) is 24.3 Å². The molecule has 1 aromatic carbocycles. The molecule has 0 amide bonds. The number of aryl methyl sites for hydroxylation is 1. The van der Waals surface area contributed by atoms with Crippen LogP contribution in [0.4, 0.5) is 0 Å². The van der Waals surface area contributed by atoms with E-state index in [0.717, 1.165) is 39.0 Å². The Kier molecular flexibility index (Phi) is 7.70. The predicted molar refractivity (Wildman–Crippen MR) is 78.0 cm³/mol. The van der Waals surface area contributed by atoms with Crippen molar-refractivity contribution in [3.05, 3.63) is 35.4 Å². The summed E-state index contributed by atoms with van der Waals surface area (Å²) in [4.78, 5) is 0. The average molecular weight is 249 g/mol. The van der Waals surface area contributed by atoms with Gasteiger partial charge in [0.15, 0.2) is 0 Å². The van der Waals surface area contributed by atoms with Gasteiger partial charge < -0.3 is 10.1 Å². The van der Waals surface area contributed by atoms with E-state index >= 15 is 0 Å². The number of nitrogens with one attached hydrogen (secondary N) is 1. The topological polar surface area (TPSA) is 21.3 Å². The van der Waals surface area contributed by atoms with Gasteiger partial charge >= 0.3 is 0 Å². The Morgan fingerprint density at radius 1 is 1.17 bits per heavy atom. The van der Waals surface area contributed by atoms with E-state index in [1.165, 1.54) is 11.1 Å². The van der Waals surface area contributed by atoms with Crippen molar-refractivity contribution in [2.24, 2.45) is 0 Å². The van der Waals surface area contributed by atoms with E-state index < -0.39 is 0 Å². The maximum absolute atomic E-state index is 5.60. The molecule has 102 valence electrons. The molecule has 0 saturated heterocycles. The standard InChI is InChI=1S/C16H27NO/c1-4-11-18-12-10-16(17-6-3)15-9-7-8-14(5-2)13-15/h7-9,13,16-17H,4-6,10-12H2,1-3H3. The largest absolute Gasteiger partial charge is 0.381 e. The smallest absolute Gasteiger partial charge is 0.0484 e. The van der Waals surface area contributed by atoms with E-state index in [1.54, 1.807) is 0 Å². The van der Waals surface area contributed by atoms with Crippen LogP contribution in [0.25, 0.3) is 0 Å². The van der Waals surface area contributed by atoms with Crippen molar-refractivity contribution in [2.45, 2.75) is 46.1 Å². The monoisotopic (exact) mass is 249 g/mol. The van der Waals surface area contributed by atoms with E-state index in [1.807, 2.05) is 0 Å². The lowest BCUT2D eigenvalue weighted by Gasteiger charge is -2.19. The van der Waals surface area contributed by atoms with Crippen molar-refractivity contribution in [2.75, 3.05) is 19.8 Å². The molecule has 2 heteroatoms. The van der Waals surface area contributed by atoms with Crippen LogP contribution in [-0.4, -0.2) is 19.8 Å². The van der Waals surface area contributed by atoms with Gasteiger partial charge in [0.25, 0.3) is 0 Å². The second kappa shape index (κ2) is 9.12. The molecule has 0 bridgehead atoms. The molecule has 18 heavy (non-hydrogen) atoms. The Balaban J connectivity index is 2.58. The summed E-state index contributed by atoms with van der Waals surface area (Å²) in [6.07, 6.45) is 3.23. The molecule has 0 radical (unpaired) electrons. The molecule has 1 rings (SSSR count). The highest BCUT2D eigenvalue weighted by atomic mass is 16.5. The first-order valence-electron chi connectivity index (χ1n) is 7.21. The Labute approximate surface area is 112 Å². The van der Waals surface area contributed by atoms with Gasteiger partial charge in [0.05, 0.1) is 0 Å². The third-order valence-electron chi connectivity index (χ3n) is 3.11. The SMILES string of the molecule is CCCOCCC(NCC)c1cccc(CC)c1. The van der Waals surface area contributed by atoms with Crippen LogP contribution < -0.4 is 5.32 Å². The summed E-state index contributed by atoms with van der Waals surface area (Å²) in [5.41, 5.74) is 2.79. The second-order valence-corrected chi connectivity index (χ2v) is 4.61. The van der Waals surface area contributed by atoms with E-state index in [4.69, 9.17) is 4.74 Å². The number of rotatable bonds is 9. The number of hydrogen-bond donors (Lipinski definition) is 1. The molecule has 2 nitrogen and oxygen atoms in total. The summed E-state index contributed by atoms with van der Waals surface area (Å²) in [6, 6.07) is 9.30. The molecule has 0 spiro atoms. The third kappa shape index (κ3) is 5.19. The zero-order valence-corrected chi connectivity index (χ0v) is 12.0. The minimum absolute atomic E-state index is 0.415. The van der Waals surface area contributed by atoms with Crippen molar-refractivity contribution in [3.8, 4) is 0 Å². The molecule has 0 heterocycles. The second-order valence-electron chi connectivity index (χ2n) is 4.61. The zero-order chi connectivity index (χ0) is 13.2. The van der Waals surface area contributed by atoms with Gasteiger partial charge in [-0.1, -0.05) is 45.0 Å². The van der Waals surface area contributed by atoms with Crippen LogP contribution >= 0.6 is 0 Å². The molecule has 1 aromatic rings. The van der Waals surface area contributed by atoms with Gasteiger partial charge in [-0.15, -0.1) is 0 Å². The van der Waals surface area contributed by atoms with Gasteiger partial charge in [-0.3, -0.25) is 0 Å². The molecule has 0 saturated carbocycles. The molecule has 0 fully saturated rings. The summed E-state index contributed by atoms with van der Waals surface area (Å²) >= 11 is 0. The third-order valence-corrected chi connectivity index (χ3v) is 3.11. The normalized spacial score (nSPS) is 12.6. The van der Waals surface area contributed by atoms with E-state index in [9.17, 15) is 0 Å². The quantitative estimate of drug-likeness (QED) is 0.674. The van der Waals surface area contributed by atoms with Crippen LogP contribution in [0, 0.1) is 0 Å². The van der Waals surface area contributed by atoms with Gasteiger partial charge in [0.2, 0.25) is 0 Å². The molecule has 0 aliphatic carbocycles. The van der Waals surface area contributed by atoms with Gasteiger partial charge in [-0.25, -0.2) is 0 Å². The summed E-state index contributed by atoms with van der Waals surface area (Å²) in [5, 5.41) is 3.55. The maximum Gasteiger partial charge on any atom is 0.0484 e. The lowest BCUT2D eigenvalue weighted by molar-refractivity contribution is 0.124. The summed E-state index contributed by atoms with van der Waals surface area (Å²) in [6.45, 7) is 9.20. The van der Waals surface area contributed by atoms with Crippen molar-refractivity contribution in [3.63, 3.8) is 0 Å². The molecule has 0 aliphatic heterocycles. The molecule has 1 atom stereocenters. The van der Waals surface area contributed by atoms with Crippen molar-refractivity contribution in [1.82, 2.24) is 5.32 Å². The minimum Gasteiger partial charge on any atom is -0.381 e. The van der Waals surface area contributed by atoms with Crippen LogP contribution in [-0.2, 0) is 11.2 Å². The molecular weight excluding hydrogens is 222 g/mol. The van der Waals surface area contributed by atoms with Crippen LogP contribution in [0.2, 0.25) is 0 Å². The summed E-state index contributed by atoms with van der Waals surface area (Å²) in [5.74, 6) is 0. The van der Waals surface area contributed by atoms with Crippen LogP contribution in [0.1, 0.15) is 50.8 Å². The Bertz CT molecular complexity index is 325. The van der Waals surface area contributed by atoms with Gasteiger partial charge in [-0.05, 0) is 36.9 Å². The Morgan fingerprint density at radius 2 is 2.00 bits per heavy atom. The fraction of sp³-hybridized carbons (Fsp3) is 0.625. The Hall–Kier alpha value is -0.860. The lowest BCUT2D eigenvalue weighted by Crippen LogP contribution is -2.22. The fourth-order valence-electron chi connectivity index (χ4n) is 2.11. The van der Waals surface area contributed by atoms with Crippen molar-refractivity contribution in [1.29, 1.82) is 0 Å². The number of ether oxygens (including phenoxy) is 1. The van der Waals surface area contributed by atoms with Crippen LogP contribution in [0.3, 0.4) is 0 Å². The number of benzene rings is 1. The van der Waals surface area contributed by atoms with Crippen molar-refractivity contribution < 1.29 is 4.74 Å². The molecule has 1 N–H and O–H groups in total. The predicted octanol–water partition coefficient (Wildman–Crippen LogP) is 3.72. The zero-order valence-electron chi connectivity index (χ0n) is 12.0. The molecular formula is C16H27NO. The first-order chi connectivity index (χ1) is 8.81. The average Bonchev–Trinajstić information content (AvgIpc) is 2.42. The van der Waals surface area contributed by atoms with E-state index in [-0.39, 0.29) is 0 Å². The molecule has 1 unspecified atom stereocenters. The first kappa shape index (κ1) is 15.2. The first-order valence-corrected chi connectivity index (χ1v) is 7.21. The molecule has 0 aliphatic rings. The molecule has 0 aromatic heterocycles. The van der Waals surface area contributed by atoms with Crippen LogP contribution in [0.5, 0.6) is 0 Å². The fourth-order valence-corrected chi connectivity index (χ4v) is 2.11. The van der Waals surface area contributed by atoms with Crippen molar-refractivity contribution >= 4 is 0 Å². The maximum atomic E-state index is 5.60. The van der Waals surface area contributed by atoms with E-state index in [2.05, 4.69) is 50.4 Å². The summed E-state index contributed by atoms with van der Waals surface area (Å²) < 4.78 is 5.60. The van der Waals surface area contributed by atoms with Gasteiger partial charge in [0, 0.05) is 19.3 Å². The van der Waals surface area contributed by atoms with Gasteiger partial charge in [0.1, 0.15) is 0 Å². The highest BCUT2D eigenvalue weighted by Gasteiger charge is 2.10. The Morgan fingerprint density at radius 3 is 2.67 bits per heavy atom. The highest BCUT2D eigenvalue weighted by molar-refractivity contribution is 5.26. The minimum atomic E-state index is 0.415. The van der Waals surface area contributed by atoms with E-state index in [0.29, 0.717) is 6.04 Å². The highest BCUT2D eigenvalue weighted by Crippen LogP contribution is 2.18. The number of hydrogen-bond acceptors (Lipinski definition) is 2. The summed E-state index contributed by atoms with van der Waals surface area (Å²) in [7, 11) is 0. The van der Waals surface area contributed by atoms with Gasteiger partial charge in [-0.2, -0.15) is 0 Å².